The highest BCUT2D eigenvalue weighted by atomic mass is 35.5. The van der Waals surface area contributed by atoms with E-state index in [-0.39, 0.29) is 30.7 Å². The second-order valence-corrected chi connectivity index (χ2v) is 4.14. The van der Waals surface area contributed by atoms with Crippen LogP contribution in [-0.2, 0) is 11.3 Å². The monoisotopic (exact) mass is 294 g/mol. The molecule has 18 heavy (non-hydrogen) atoms. The first-order chi connectivity index (χ1) is 7.84. The van der Waals surface area contributed by atoms with Crippen LogP contribution in [0.25, 0.3) is 0 Å². The molecule has 2 heterocycles. The normalized spacial score (nSPS) is 17.7. The third-order valence-corrected chi connectivity index (χ3v) is 2.84. The summed E-state index contributed by atoms with van der Waals surface area (Å²) in [5.74, 6) is 0.0293. The van der Waals surface area contributed by atoms with Gasteiger partial charge in [0.1, 0.15) is 6.54 Å². The molecule has 1 saturated heterocycles. The summed E-state index contributed by atoms with van der Waals surface area (Å²) in [7, 11) is 0. The summed E-state index contributed by atoms with van der Waals surface area (Å²) in [6, 6.07) is 2.40. The number of hydrogen-bond donors (Lipinski definition) is 2. The van der Waals surface area contributed by atoms with Crippen molar-refractivity contribution in [1.29, 1.82) is 0 Å². The Kier molecular flexibility index (Phi) is 8.79. The van der Waals surface area contributed by atoms with Crippen LogP contribution in [0.4, 0.5) is 0 Å². The molecule has 7 heteroatoms. The smallest absolute Gasteiger partial charge is 0.241 e. The maximum Gasteiger partial charge on any atom is 0.241 e. The molecule has 5 nitrogen and oxygen atoms in total. The average molecular weight is 295 g/mol. The lowest BCUT2D eigenvalue weighted by molar-refractivity contribution is -0.121. The molecule has 0 aliphatic carbocycles. The van der Waals surface area contributed by atoms with E-state index in [1.54, 1.807) is 17.1 Å². The molecule has 1 aromatic rings. The zero-order valence-corrected chi connectivity index (χ0v) is 11.8. The molecule has 2 N–H and O–H groups in total. The predicted octanol–water partition coefficient (Wildman–Crippen LogP) is 0.985. The van der Waals surface area contributed by atoms with E-state index in [0.717, 1.165) is 19.5 Å². The van der Waals surface area contributed by atoms with E-state index in [2.05, 4.69) is 15.7 Å². The molecule has 1 aromatic heterocycles. The summed E-state index contributed by atoms with van der Waals surface area (Å²) in [4.78, 5) is 11.5. The van der Waals surface area contributed by atoms with Crippen LogP contribution in [0.2, 0.25) is 0 Å². The van der Waals surface area contributed by atoms with E-state index in [4.69, 9.17) is 0 Å². The number of hydrogen-bond acceptors (Lipinski definition) is 3. The Morgan fingerprint density at radius 1 is 1.50 bits per heavy atom. The Balaban J connectivity index is 0.00000144. The van der Waals surface area contributed by atoms with E-state index in [1.807, 2.05) is 6.07 Å². The number of rotatable bonds is 5. The lowest BCUT2D eigenvalue weighted by Gasteiger charge is -2.10. The van der Waals surface area contributed by atoms with Gasteiger partial charge in [0.05, 0.1) is 0 Å². The zero-order chi connectivity index (χ0) is 11.2. The molecule has 1 aliphatic heterocycles. The van der Waals surface area contributed by atoms with Crippen molar-refractivity contribution in [3.8, 4) is 0 Å². The molecule has 0 bridgehead atoms. The minimum atomic E-state index is 0. The van der Waals surface area contributed by atoms with Crippen molar-refractivity contribution in [2.75, 3.05) is 13.1 Å². The fourth-order valence-electron chi connectivity index (χ4n) is 1.99. The van der Waals surface area contributed by atoms with Gasteiger partial charge in [-0.25, -0.2) is 0 Å². The topological polar surface area (TPSA) is 59.0 Å². The molecule has 0 radical (unpaired) electrons. The molecule has 1 amide bonds. The third kappa shape index (κ3) is 5.71. The summed E-state index contributed by atoms with van der Waals surface area (Å²) in [5.41, 5.74) is 0. The van der Waals surface area contributed by atoms with Crippen LogP contribution in [0.3, 0.4) is 0 Å². The van der Waals surface area contributed by atoms with Crippen molar-refractivity contribution < 1.29 is 4.79 Å². The molecule has 0 aromatic carbocycles. The van der Waals surface area contributed by atoms with Crippen molar-refractivity contribution in [1.82, 2.24) is 20.4 Å². The van der Waals surface area contributed by atoms with Gasteiger partial charge in [0.2, 0.25) is 5.91 Å². The van der Waals surface area contributed by atoms with Crippen LogP contribution in [-0.4, -0.2) is 34.8 Å². The van der Waals surface area contributed by atoms with Gasteiger partial charge in [0.25, 0.3) is 0 Å². The molecule has 1 fully saturated rings. The Bertz CT molecular complexity index is 326. The van der Waals surface area contributed by atoms with Crippen molar-refractivity contribution >= 4 is 30.7 Å². The van der Waals surface area contributed by atoms with E-state index >= 15 is 0 Å². The highest BCUT2D eigenvalue weighted by Gasteiger charge is 2.13. The van der Waals surface area contributed by atoms with Gasteiger partial charge in [-0.1, -0.05) is 0 Å². The summed E-state index contributed by atoms with van der Waals surface area (Å²) in [5, 5.41) is 10.3. The van der Waals surface area contributed by atoms with E-state index in [0.29, 0.717) is 12.6 Å². The van der Waals surface area contributed by atoms with Gasteiger partial charge in [-0.2, -0.15) is 5.10 Å². The Morgan fingerprint density at radius 2 is 2.33 bits per heavy atom. The summed E-state index contributed by atoms with van der Waals surface area (Å²) in [6.07, 6.45) is 6.97. The summed E-state index contributed by atoms with van der Waals surface area (Å²) >= 11 is 0. The Labute approximate surface area is 120 Å². The van der Waals surface area contributed by atoms with Gasteiger partial charge < -0.3 is 10.6 Å². The molecular formula is C11H20Cl2N4O. The molecule has 104 valence electrons. The van der Waals surface area contributed by atoms with Crippen molar-refractivity contribution in [3.63, 3.8) is 0 Å². The van der Waals surface area contributed by atoms with Crippen LogP contribution in [0.5, 0.6) is 0 Å². The van der Waals surface area contributed by atoms with Gasteiger partial charge in [-0.05, 0) is 31.9 Å². The van der Waals surface area contributed by atoms with Gasteiger partial charge in [0.15, 0.2) is 0 Å². The minimum absolute atomic E-state index is 0. The molecule has 1 atom stereocenters. The third-order valence-electron chi connectivity index (χ3n) is 2.84. The fraction of sp³-hybridized carbons (Fsp3) is 0.636. The van der Waals surface area contributed by atoms with E-state index in [9.17, 15) is 4.79 Å². The SMILES string of the molecule is Cl.Cl.O=C(Cn1cccn1)NCC[C@H]1CCCN1. The Hall–Kier alpha value is -0.780. The molecule has 1 aliphatic rings. The maximum absolute atomic E-state index is 11.5. The molecule has 0 spiro atoms. The first-order valence-electron chi connectivity index (χ1n) is 5.82. The lowest BCUT2D eigenvalue weighted by atomic mass is 10.1. The maximum atomic E-state index is 11.5. The Morgan fingerprint density at radius 3 is 2.94 bits per heavy atom. The fourth-order valence-corrected chi connectivity index (χ4v) is 1.99. The predicted molar refractivity (Wildman–Crippen MR) is 75.4 cm³/mol. The van der Waals surface area contributed by atoms with Crippen LogP contribution < -0.4 is 10.6 Å². The molecule has 0 unspecified atom stereocenters. The van der Waals surface area contributed by atoms with Gasteiger partial charge in [0, 0.05) is 25.0 Å². The van der Waals surface area contributed by atoms with Gasteiger partial charge >= 0.3 is 0 Å². The van der Waals surface area contributed by atoms with E-state index in [1.165, 1.54) is 12.8 Å². The second kappa shape index (κ2) is 9.19. The van der Waals surface area contributed by atoms with E-state index < -0.39 is 0 Å². The number of nitrogens with zero attached hydrogens (tertiary/aromatic N) is 2. The van der Waals surface area contributed by atoms with Crippen LogP contribution in [0.15, 0.2) is 18.5 Å². The number of carbonyl (C=O) groups is 1. The molecule has 0 saturated carbocycles. The number of aromatic nitrogens is 2. The van der Waals surface area contributed by atoms with Crippen LogP contribution >= 0.6 is 24.8 Å². The first kappa shape index (κ1) is 17.2. The highest BCUT2D eigenvalue weighted by Crippen LogP contribution is 2.07. The van der Waals surface area contributed by atoms with Crippen LogP contribution in [0.1, 0.15) is 19.3 Å². The number of carbonyl (C=O) groups excluding carboxylic acids is 1. The lowest BCUT2D eigenvalue weighted by Crippen LogP contribution is -2.32. The highest BCUT2D eigenvalue weighted by molar-refractivity contribution is 5.85. The second-order valence-electron chi connectivity index (χ2n) is 4.14. The summed E-state index contributed by atoms with van der Waals surface area (Å²) in [6.45, 7) is 2.18. The standard InChI is InChI=1S/C11H18N4O.2ClH/c16-11(9-15-8-2-6-14-15)13-7-4-10-3-1-5-12-10;;/h2,6,8,10,12H,1,3-5,7,9H2,(H,13,16);2*1H/t10-;;/m1../s1. The minimum Gasteiger partial charge on any atom is -0.354 e. The largest absolute Gasteiger partial charge is 0.354 e. The zero-order valence-electron chi connectivity index (χ0n) is 10.2. The number of nitrogens with one attached hydrogen (secondary N) is 2. The molecule has 2 rings (SSSR count). The first-order valence-corrected chi connectivity index (χ1v) is 5.82. The van der Waals surface area contributed by atoms with Crippen molar-refractivity contribution in [2.45, 2.75) is 31.8 Å². The van der Waals surface area contributed by atoms with Gasteiger partial charge in [-0.15, -0.1) is 24.8 Å². The van der Waals surface area contributed by atoms with Crippen molar-refractivity contribution in [3.05, 3.63) is 18.5 Å². The number of amides is 1. The van der Waals surface area contributed by atoms with Gasteiger partial charge in [-0.3, -0.25) is 9.48 Å². The molecular weight excluding hydrogens is 275 g/mol. The average Bonchev–Trinajstić information content (AvgIpc) is 2.90. The summed E-state index contributed by atoms with van der Waals surface area (Å²) < 4.78 is 1.63. The number of halogens is 2. The quantitative estimate of drug-likeness (QED) is 0.851. The van der Waals surface area contributed by atoms with Crippen molar-refractivity contribution in [2.24, 2.45) is 0 Å². The van der Waals surface area contributed by atoms with Crippen LogP contribution in [0, 0.1) is 0 Å².